The van der Waals surface area contributed by atoms with Crippen molar-refractivity contribution < 1.29 is 23.1 Å². The lowest BCUT2D eigenvalue weighted by Crippen LogP contribution is -2.06. The summed E-state index contributed by atoms with van der Waals surface area (Å²) >= 11 is 5.84. The van der Waals surface area contributed by atoms with Crippen LogP contribution in [0.2, 0.25) is 5.02 Å². The number of carbonyl (C=O) groups is 1. The SMILES string of the molecule is O=C1Nc2cc(C(F)(F)F)ccc2/C1=C\c1cc(Cl)ccc1O. The fourth-order valence-corrected chi connectivity index (χ4v) is 2.49. The van der Waals surface area contributed by atoms with E-state index in [1.54, 1.807) is 0 Å². The highest BCUT2D eigenvalue weighted by Gasteiger charge is 2.33. The average Bonchev–Trinajstić information content (AvgIpc) is 2.77. The van der Waals surface area contributed by atoms with E-state index in [1.165, 1.54) is 30.3 Å². The van der Waals surface area contributed by atoms with Crippen molar-refractivity contribution in [1.82, 2.24) is 0 Å². The molecule has 3 rings (SSSR count). The van der Waals surface area contributed by atoms with Gasteiger partial charge in [0, 0.05) is 27.4 Å². The van der Waals surface area contributed by atoms with Crippen molar-refractivity contribution in [1.29, 1.82) is 0 Å². The third kappa shape index (κ3) is 2.90. The molecule has 0 atom stereocenters. The lowest BCUT2D eigenvalue weighted by Gasteiger charge is -2.08. The first-order chi connectivity index (χ1) is 10.8. The number of phenols is 1. The molecule has 0 saturated carbocycles. The van der Waals surface area contributed by atoms with Crippen molar-refractivity contribution in [2.45, 2.75) is 6.18 Å². The van der Waals surface area contributed by atoms with Gasteiger partial charge in [-0.25, -0.2) is 0 Å². The van der Waals surface area contributed by atoms with Gasteiger partial charge in [-0.2, -0.15) is 13.2 Å². The molecule has 0 radical (unpaired) electrons. The van der Waals surface area contributed by atoms with Crippen LogP contribution in [0.1, 0.15) is 16.7 Å². The average molecular weight is 340 g/mol. The van der Waals surface area contributed by atoms with E-state index in [0.717, 1.165) is 12.1 Å². The van der Waals surface area contributed by atoms with Crippen molar-refractivity contribution in [2.24, 2.45) is 0 Å². The molecule has 1 aliphatic heterocycles. The number of carbonyl (C=O) groups excluding carboxylic acids is 1. The second kappa shape index (κ2) is 5.31. The van der Waals surface area contributed by atoms with Crippen molar-refractivity contribution in [3.8, 4) is 5.75 Å². The maximum atomic E-state index is 12.7. The molecule has 1 aliphatic rings. The molecule has 0 fully saturated rings. The molecule has 2 aromatic rings. The van der Waals surface area contributed by atoms with Crippen molar-refractivity contribution in [3.63, 3.8) is 0 Å². The Balaban J connectivity index is 2.09. The standard InChI is InChI=1S/C16H9ClF3NO2/c17-10-2-4-14(22)8(5-10)6-12-11-3-1-9(16(18,19)20)7-13(11)21-15(12)23/h1-7,22H,(H,21,23)/b12-6+. The zero-order chi connectivity index (χ0) is 16.8. The third-order valence-corrected chi connectivity index (χ3v) is 3.65. The first-order valence-corrected chi connectivity index (χ1v) is 6.87. The zero-order valence-corrected chi connectivity index (χ0v) is 12.2. The predicted octanol–water partition coefficient (Wildman–Crippen LogP) is 4.56. The highest BCUT2D eigenvalue weighted by Crippen LogP contribution is 2.39. The number of nitrogens with one attached hydrogen (secondary N) is 1. The van der Waals surface area contributed by atoms with Gasteiger partial charge in [-0.1, -0.05) is 17.7 Å². The lowest BCUT2D eigenvalue weighted by molar-refractivity contribution is -0.137. The molecule has 2 N–H and O–H groups in total. The summed E-state index contributed by atoms with van der Waals surface area (Å²) in [5.74, 6) is -0.631. The van der Waals surface area contributed by atoms with Crippen LogP contribution in [0, 0.1) is 0 Å². The number of fused-ring (bicyclic) bond motifs is 1. The number of anilines is 1. The summed E-state index contributed by atoms with van der Waals surface area (Å²) in [6, 6.07) is 7.33. The van der Waals surface area contributed by atoms with Gasteiger partial charge in [0.15, 0.2) is 0 Å². The normalized spacial score (nSPS) is 15.7. The first kappa shape index (κ1) is 15.4. The van der Waals surface area contributed by atoms with Gasteiger partial charge in [-0.3, -0.25) is 4.79 Å². The number of hydrogen-bond acceptors (Lipinski definition) is 2. The van der Waals surface area contributed by atoms with E-state index in [1.807, 2.05) is 0 Å². The highest BCUT2D eigenvalue weighted by atomic mass is 35.5. The Bertz CT molecular complexity index is 844. The van der Waals surface area contributed by atoms with E-state index >= 15 is 0 Å². The summed E-state index contributed by atoms with van der Waals surface area (Å²) in [4.78, 5) is 12.0. The molecule has 0 aliphatic carbocycles. The molecule has 3 nitrogen and oxygen atoms in total. The second-order valence-electron chi connectivity index (χ2n) is 4.97. The number of amides is 1. The molecule has 1 heterocycles. The first-order valence-electron chi connectivity index (χ1n) is 6.49. The van der Waals surface area contributed by atoms with Gasteiger partial charge in [0.05, 0.1) is 5.56 Å². The van der Waals surface area contributed by atoms with Crippen molar-refractivity contribution >= 4 is 34.8 Å². The number of halogens is 4. The molecule has 0 bridgehead atoms. The summed E-state index contributed by atoms with van der Waals surface area (Å²) in [5, 5.41) is 12.6. The van der Waals surface area contributed by atoms with Gasteiger partial charge in [0.2, 0.25) is 0 Å². The van der Waals surface area contributed by atoms with Crippen LogP contribution in [0.25, 0.3) is 11.6 Å². The van der Waals surface area contributed by atoms with Gasteiger partial charge in [-0.05, 0) is 36.4 Å². The molecule has 0 spiro atoms. The molecule has 0 saturated heterocycles. The van der Waals surface area contributed by atoms with Crippen molar-refractivity contribution in [3.05, 3.63) is 58.1 Å². The van der Waals surface area contributed by atoms with Crippen LogP contribution < -0.4 is 5.32 Å². The summed E-state index contributed by atoms with van der Waals surface area (Å²) in [6.07, 6.45) is -3.10. The summed E-state index contributed by atoms with van der Waals surface area (Å²) < 4.78 is 38.2. The van der Waals surface area contributed by atoms with Gasteiger partial charge in [0.25, 0.3) is 5.91 Å². The van der Waals surface area contributed by atoms with E-state index in [2.05, 4.69) is 5.32 Å². The van der Waals surface area contributed by atoms with E-state index in [0.29, 0.717) is 16.1 Å². The molecule has 118 valence electrons. The summed E-state index contributed by atoms with van der Waals surface area (Å²) in [5.41, 5.74) is 0.0325. The molecule has 2 aromatic carbocycles. The molecular weight excluding hydrogens is 331 g/mol. The van der Waals surface area contributed by atoms with Crippen LogP contribution >= 0.6 is 11.6 Å². The van der Waals surface area contributed by atoms with Crippen LogP contribution in [-0.2, 0) is 11.0 Å². The Morgan fingerprint density at radius 3 is 2.57 bits per heavy atom. The number of benzene rings is 2. The molecule has 1 amide bonds. The van der Waals surface area contributed by atoms with Crippen LogP contribution in [0.3, 0.4) is 0 Å². The summed E-state index contributed by atoms with van der Waals surface area (Å²) in [6.45, 7) is 0. The van der Waals surface area contributed by atoms with E-state index < -0.39 is 17.6 Å². The number of aromatic hydroxyl groups is 1. The molecule has 0 unspecified atom stereocenters. The maximum Gasteiger partial charge on any atom is 0.416 e. The summed E-state index contributed by atoms with van der Waals surface area (Å²) in [7, 11) is 0. The smallest absolute Gasteiger partial charge is 0.416 e. The van der Waals surface area contributed by atoms with E-state index in [9.17, 15) is 23.1 Å². The number of rotatable bonds is 1. The van der Waals surface area contributed by atoms with Gasteiger partial charge < -0.3 is 10.4 Å². The largest absolute Gasteiger partial charge is 0.507 e. The molecule has 0 aromatic heterocycles. The fraction of sp³-hybridized carbons (Fsp3) is 0.0625. The Labute approximate surface area is 134 Å². The Kier molecular flexibility index (Phi) is 3.56. The van der Waals surface area contributed by atoms with Crippen LogP contribution in [0.5, 0.6) is 5.75 Å². The van der Waals surface area contributed by atoms with Crippen LogP contribution in [0.4, 0.5) is 18.9 Å². The zero-order valence-electron chi connectivity index (χ0n) is 11.4. The Morgan fingerprint density at radius 1 is 1.13 bits per heavy atom. The fourth-order valence-electron chi connectivity index (χ4n) is 2.31. The number of alkyl halides is 3. The minimum absolute atomic E-state index is 0.0811. The van der Waals surface area contributed by atoms with Crippen molar-refractivity contribution in [2.75, 3.05) is 5.32 Å². The number of hydrogen-bond donors (Lipinski definition) is 2. The van der Waals surface area contributed by atoms with E-state index in [-0.39, 0.29) is 17.0 Å². The van der Waals surface area contributed by atoms with Gasteiger partial charge in [-0.15, -0.1) is 0 Å². The van der Waals surface area contributed by atoms with E-state index in [4.69, 9.17) is 11.6 Å². The predicted molar refractivity (Wildman–Crippen MR) is 81.1 cm³/mol. The molecule has 23 heavy (non-hydrogen) atoms. The third-order valence-electron chi connectivity index (χ3n) is 3.42. The van der Waals surface area contributed by atoms with Crippen LogP contribution in [0.15, 0.2) is 36.4 Å². The Hall–Kier alpha value is -2.47. The monoisotopic (exact) mass is 339 g/mol. The Morgan fingerprint density at radius 2 is 1.87 bits per heavy atom. The minimum atomic E-state index is -4.49. The molecule has 7 heteroatoms. The minimum Gasteiger partial charge on any atom is -0.507 e. The van der Waals surface area contributed by atoms with Gasteiger partial charge in [0.1, 0.15) is 5.75 Å². The lowest BCUT2D eigenvalue weighted by atomic mass is 10.0. The number of phenolic OH excluding ortho intramolecular Hbond substituents is 1. The quantitative estimate of drug-likeness (QED) is 0.748. The highest BCUT2D eigenvalue weighted by molar-refractivity contribution is 6.35. The molecular formula is C16H9ClF3NO2. The van der Waals surface area contributed by atoms with Gasteiger partial charge >= 0.3 is 6.18 Å². The maximum absolute atomic E-state index is 12.7. The topological polar surface area (TPSA) is 49.3 Å². The second-order valence-corrected chi connectivity index (χ2v) is 5.41. The van der Waals surface area contributed by atoms with Crippen LogP contribution in [-0.4, -0.2) is 11.0 Å².